The number of carbonyl (C=O) groups is 2. The van der Waals surface area contributed by atoms with E-state index in [-0.39, 0.29) is 30.4 Å². The fraction of sp³-hybridized carbons (Fsp3) is 0.263. The Labute approximate surface area is 145 Å². The molecule has 3 rings (SSSR count). The molecule has 0 radical (unpaired) electrons. The van der Waals surface area contributed by atoms with Crippen molar-refractivity contribution in [2.45, 2.75) is 12.5 Å². The molecule has 2 aromatic carbocycles. The van der Waals surface area contributed by atoms with Crippen LogP contribution in [0.4, 0.5) is 0 Å². The maximum atomic E-state index is 12.8. The summed E-state index contributed by atoms with van der Waals surface area (Å²) in [5, 5.41) is 10.1. The summed E-state index contributed by atoms with van der Waals surface area (Å²) in [6.07, 6.45) is -0.152. The fourth-order valence-corrected chi connectivity index (χ4v) is 2.87. The van der Waals surface area contributed by atoms with Gasteiger partial charge in [-0.1, -0.05) is 36.4 Å². The smallest absolute Gasteiger partial charge is 0.257 e. The number of ether oxygens (including phenoxy) is 1. The van der Waals surface area contributed by atoms with Crippen LogP contribution in [0.15, 0.2) is 48.5 Å². The van der Waals surface area contributed by atoms with Crippen LogP contribution in [-0.4, -0.2) is 47.6 Å². The van der Waals surface area contributed by atoms with E-state index in [1.54, 1.807) is 12.1 Å². The standard InChI is InChI=1S/C19H20N2O4/c20-18(23)17-12-21(8-9-25-17)19(24)15-11-14(6-7-16(15)22)10-13-4-2-1-3-5-13/h1-7,11,17,22H,8-10,12H2,(H2,20,23)/t17-/m1/s1. The molecular weight excluding hydrogens is 320 g/mol. The van der Waals surface area contributed by atoms with Gasteiger partial charge in [-0.3, -0.25) is 9.59 Å². The van der Waals surface area contributed by atoms with E-state index < -0.39 is 12.0 Å². The molecule has 2 amide bonds. The molecule has 0 aromatic heterocycles. The predicted octanol–water partition coefficient (Wildman–Crippen LogP) is 1.31. The van der Waals surface area contributed by atoms with Gasteiger partial charge in [0.05, 0.1) is 18.7 Å². The van der Waals surface area contributed by atoms with Crippen LogP contribution in [0.1, 0.15) is 21.5 Å². The average molecular weight is 340 g/mol. The van der Waals surface area contributed by atoms with Crippen LogP contribution in [0.3, 0.4) is 0 Å². The van der Waals surface area contributed by atoms with Crippen molar-refractivity contribution in [1.82, 2.24) is 4.90 Å². The van der Waals surface area contributed by atoms with Crippen molar-refractivity contribution >= 4 is 11.8 Å². The van der Waals surface area contributed by atoms with Crippen molar-refractivity contribution in [2.75, 3.05) is 19.7 Å². The summed E-state index contributed by atoms with van der Waals surface area (Å²) < 4.78 is 5.26. The number of phenolic OH excluding ortho intramolecular Hbond substituents is 1. The summed E-state index contributed by atoms with van der Waals surface area (Å²) in [6, 6.07) is 14.9. The van der Waals surface area contributed by atoms with Crippen LogP contribution in [0.5, 0.6) is 5.75 Å². The number of hydrogen-bond acceptors (Lipinski definition) is 4. The maximum Gasteiger partial charge on any atom is 0.257 e. The number of aromatic hydroxyl groups is 1. The largest absolute Gasteiger partial charge is 0.507 e. The third kappa shape index (κ3) is 3.97. The number of amides is 2. The zero-order valence-corrected chi connectivity index (χ0v) is 13.7. The number of carbonyl (C=O) groups excluding carboxylic acids is 2. The van der Waals surface area contributed by atoms with Crippen molar-refractivity contribution in [3.05, 3.63) is 65.2 Å². The molecule has 1 saturated heterocycles. The Bertz CT molecular complexity index is 776. The number of primary amides is 1. The highest BCUT2D eigenvalue weighted by Crippen LogP contribution is 2.23. The molecule has 130 valence electrons. The van der Waals surface area contributed by atoms with E-state index in [0.717, 1.165) is 11.1 Å². The van der Waals surface area contributed by atoms with Crippen molar-refractivity contribution < 1.29 is 19.4 Å². The average Bonchev–Trinajstić information content (AvgIpc) is 2.63. The molecular formula is C19H20N2O4. The number of nitrogens with two attached hydrogens (primary N) is 1. The number of benzene rings is 2. The van der Waals surface area contributed by atoms with Gasteiger partial charge in [-0.15, -0.1) is 0 Å². The highest BCUT2D eigenvalue weighted by molar-refractivity contribution is 5.97. The lowest BCUT2D eigenvalue weighted by Gasteiger charge is -2.31. The van der Waals surface area contributed by atoms with Crippen molar-refractivity contribution in [3.63, 3.8) is 0 Å². The van der Waals surface area contributed by atoms with Gasteiger partial charge in [-0.2, -0.15) is 0 Å². The molecule has 0 spiro atoms. The van der Waals surface area contributed by atoms with Gasteiger partial charge in [0.25, 0.3) is 5.91 Å². The van der Waals surface area contributed by atoms with Crippen LogP contribution in [0.2, 0.25) is 0 Å². The molecule has 1 aliphatic heterocycles. The maximum absolute atomic E-state index is 12.8. The first kappa shape index (κ1) is 17.0. The molecule has 3 N–H and O–H groups in total. The minimum Gasteiger partial charge on any atom is -0.507 e. The van der Waals surface area contributed by atoms with E-state index >= 15 is 0 Å². The van der Waals surface area contributed by atoms with Gasteiger partial charge in [0.15, 0.2) is 6.10 Å². The lowest BCUT2D eigenvalue weighted by molar-refractivity contribution is -0.133. The van der Waals surface area contributed by atoms with Gasteiger partial charge in [-0.05, 0) is 29.7 Å². The first-order valence-corrected chi connectivity index (χ1v) is 8.10. The third-order valence-electron chi connectivity index (χ3n) is 4.21. The second-order valence-electron chi connectivity index (χ2n) is 6.03. The van der Waals surface area contributed by atoms with E-state index in [2.05, 4.69) is 0 Å². The Morgan fingerprint density at radius 2 is 1.92 bits per heavy atom. The number of rotatable bonds is 4. The molecule has 1 atom stereocenters. The fourth-order valence-electron chi connectivity index (χ4n) is 2.87. The van der Waals surface area contributed by atoms with Crippen molar-refractivity contribution in [2.24, 2.45) is 5.73 Å². The SMILES string of the molecule is NC(=O)[C@H]1CN(C(=O)c2cc(Cc3ccccc3)ccc2O)CCO1. The zero-order valence-electron chi connectivity index (χ0n) is 13.7. The molecule has 1 fully saturated rings. The van der Waals surface area contributed by atoms with Gasteiger partial charge in [0.1, 0.15) is 5.75 Å². The minimum absolute atomic E-state index is 0.0797. The minimum atomic E-state index is -0.813. The van der Waals surface area contributed by atoms with E-state index in [0.29, 0.717) is 13.0 Å². The monoisotopic (exact) mass is 340 g/mol. The van der Waals surface area contributed by atoms with Crippen LogP contribution in [0.25, 0.3) is 0 Å². The van der Waals surface area contributed by atoms with Crippen LogP contribution in [-0.2, 0) is 16.0 Å². The van der Waals surface area contributed by atoms with Crippen LogP contribution in [0, 0.1) is 0 Å². The topological polar surface area (TPSA) is 92.9 Å². The summed E-state index contributed by atoms with van der Waals surface area (Å²) in [6.45, 7) is 0.686. The first-order chi connectivity index (χ1) is 12.0. The van der Waals surface area contributed by atoms with E-state index in [4.69, 9.17) is 10.5 Å². The Hall–Kier alpha value is -2.86. The van der Waals surface area contributed by atoms with Crippen LogP contribution >= 0.6 is 0 Å². The van der Waals surface area contributed by atoms with Crippen LogP contribution < -0.4 is 5.73 Å². The second kappa shape index (κ2) is 7.36. The van der Waals surface area contributed by atoms with Crippen molar-refractivity contribution in [3.8, 4) is 5.75 Å². The normalized spacial score (nSPS) is 17.3. The van der Waals surface area contributed by atoms with Crippen molar-refractivity contribution in [1.29, 1.82) is 0 Å². The first-order valence-electron chi connectivity index (χ1n) is 8.10. The molecule has 25 heavy (non-hydrogen) atoms. The molecule has 0 aliphatic carbocycles. The molecule has 0 unspecified atom stereocenters. The van der Waals surface area contributed by atoms with Gasteiger partial charge in [-0.25, -0.2) is 0 Å². The zero-order chi connectivity index (χ0) is 17.8. The van der Waals surface area contributed by atoms with Gasteiger partial charge in [0, 0.05) is 6.54 Å². The number of morpholine rings is 1. The summed E-state index contributed by atoms with van der Waals surface area (Å²) in [5.74, 6) is -1.01. The third-order valence-corrected chi connectivity index (χ3v) is 4.21. The summed E-state index contributed by atoms with van der Waals surface area (Å²) >= 11 is 0. The lowest BCUT2D eigenvalue weighted by atomic mass is 10.0. The number of nitrogens with zero attached hydrogens (tertiary/aromatic N) is 1. The summed E-state index contributed by atoms with van der Waals surface area (Å²) in [4.78, 5) is 25.5. The number of phenols is 1. The Morgan fingerprint density at radius 3 is 2.64 bits per heavy atom. The Balaban J connectivity index is 1.80. The molecule has 0 saturated carbocycles. The highest BCUT2D eigenvalue weighted by atomic mass is 16.5. The second-order valence-corrected chi connectivity index (χ2v) is 6.03. The van der Waals surface area contributed by atoms with E-state index in [1.807, 2.05) is 30.3 Å². The molecule has 0 bridgehead atoms. The number of hydrogen-bond donors (Lipinski definition) is 2. The highest BCUT2D eigenvalue weighted by Gasteiger charge is 2.29. The molecule has 2 aromatic rings. The Kier molecular flexibility index (Phi) is 5.00. The van der Waals surface area contributed by atoms with Gasteiger partial charge in [0.2, 0.25) is 5.91 Å². The van der Waals surface area contributed by atoms with Gasteiger partial charge < -0.3 is 20.5 Å². The summed E-state index contributed by atoms with van der Waals surface area (Å²) in [5.41, 5.74) is 7.52. The molecule has 1 aliphatic rings. The summed E-state index contributed by atoms with van der Waals surface area (Å²) in [7, 11) is 0. The molecule has 1 heterocycles. The van der Waals surface area contributed by atoms with Gasteiger partial charge >= 0.3 is 0 Å². The lowest BCUT2D eigenvalue weighted by Crippen LogP contribution is -2.50. The quantitative estimate of drug-likeness (QED) is 0.878. The van der Waals surface area contributed by atoms with E-state index in [1.165, 1.54) is 11.0 Å². The predicted molar refractivity (Wildman–Crippen MR) is 92.2 cm³/mol. The molecule has 6 heteroatoms. The van der Waals surface area contributed by atoms with E-state index in [9.17, 15) is 14.7 Å². The molecule has 6 nitrogen and oxygen atoms in total. The Morgan fingerprint density at radius 1 is 1.16 bits per heavy atom.